The van der Waals surface area contributed by atoms with E-state index in [0.717, 1.165) is 75.7 Å². The van der Waals surface area contributed by atoms with Crippen molar-refractivity contribution in [1.82, 2.24) is 20.0 Å². The molecule has 1 aromatic heterocycles. The first-order valence-corrected chi connectivity index (χ1v) is 11.7. The van der Waals surface area contributed by atoms with E-state index in [1.165, 1.54) is 5.69 Å². The average Bonchev–Trinajstić information content (AvgIpc) is 3.26. The molecule has 4 rings (SSSR count). The molecule has 1 aliphatic heterocycles. The van der Waals surface area contributed by atoms with Crippen LogP contribution in [0, 0.1) is 10.1 Å². The summed E-state index contributed by atoms with van der Waals surface area (Å²) in [6.07, 6.45) is 2.11. The van der Waals surface area contributed by atoms with E-state index in [1.807, 2.05) is 30.3 Å². The molecule has 0 bridgehead atoms. The van der Waals surface area contributed by atoms with Gasteiger partial charge in [-0.05, 0) is 36.8 Å². The number of para-hydroxylation sites is 1. The maximum atomic E-state index is 10.8. The van der Waals surface area contributed by atoms with Crippen molar-refractivity contribution in [3.63, 3.8) is 0 Å². The number of hydrogen-bond acceptors (Lipinski definition) is 6. The van der Waals surface area contributed by atoms with Crippen molar-refractivity contribution in [3.8, 4) is 5.69 Å². The van der Waals surface area contributed by atoms with Gasteiger partial charge in [-0.15, -0.1) is 0 Å². The summed E-state index contributed by atoms with van der Waals surface area (Å²) in [5, 5.41) is 19.2. The summed E-state index contributed by atoms with van der Waals surface area (Å²) in [6, 6.07) is 19.4. The predicted octanol–water partition coefficient (Wildman–Crippen LogP) is 3.64. The van der Waals surface area contributed by atoms with Crippen molar-refractivity contribution in [2.24, 2.45) is 0 Å². The fraction of sp³-hybridized carbons (Fsp3) is 0.400. The summed E-state index contributed by atoms with van der Waals surface area (Å²) in [6.45, 7) is 8.71. The smallest absolute Gasteiger partial charge is 0.269 e. The van der Waals surface area contributed by atoms with E-state index < -0.39 is 0 Å². The number of benzene rings is 2. The van der Waals surface area contributed by atoms with Crippen LogP contribution in [0.5, 0.6) is 0 Å². The van der Waals surface area contributed by atoms with Crippen LogP contribution in [-0.4, -0.2) is 58.9 Å². The molecule has 2 aromatic carbocycles. The van der Waals surface area contributed by atoms with Gasteiger partial charge in [0.15, 0.2) is 0 Å². The Morgan fingerprint density at radius 1 is 1.00 bits per heavy atom. The first kappa shape index (κ1) is 22.9. The molecule has 174 valence electrons. The number of nitrogens with zero attached hydrogens (tertiary/aromatic N) is 5. The summed E-state index contributed by atoms with van der Waals surface area (Å²) in [7, 11) is 0. The summed E-state index contributed by atoms with van der Waals surface area (Å²) >= 11 is 0. The highest BCUT2D eigenvalue weighted by Gasteiger charge is 2.17. The number of non-ortho nitro benzene ring substituents is 1. The Hall–Kier alpha value is -3.23. The van der Waals surface area contributed by atoms with Gasteiger partial charge in [-0.3, -0.25) is 15.0 Å². The van der Waals surface area contributed by atoms with Gasteiger partial charge in [0.2, 0.25) is 0 Å². The zero-order valence-electron chi connectivity index (χ0n) is 19.2. The van der Waals surface area contributed by atoms with Gasteiger partial charge in [-0.1, -0.05) is 31.5 Å². The van der Waals surface area contributed by atoms with Gasteiger partial charge in [0.05, 0.1) is 16.3 Å². The number of piperazine rings is 1. The molecule has 1 saturated heterocycles. The second-order valence-corrected chi connectivity index (χ2v) is 8.40. The zero-order valence-corrected chi connectivity index (χ0v) is 19.2. The van der Waals surface area contributed by atoms with E-state index in [0.29, 0.717) is 0 Å². The van der Waals surface area contributed by atoms with Gasteiger partial charge in [0, 0.05) is 69.3 Å². The van der Waals surface area contributed by atoms with Crippen molar-refractivity contribution in [3.05, 3.63) is 82.2 Å². The SMILES string of the molecule is CCCc1cc(CNCCN2CCN(c3ccc([N+](=O)[O-])cc3)CC2)nn1-c1ccccc1. The molecule has 0 saturated carbocycles. The second-order valence-electron chi connectivity index (χ2n) is 8.40. The first-order chi connectivity index (χ1) is 16.1. The minimum atomic E-state index is -0.356. The molecule has 1 aliphatic rings. The van der Waals surface area contributed by atoms with Crippen molar-refractivity contribution in [1.29, 1.82) is 0 Å². The molecule has 1 N–H and O–H groups in total. The van der Waals surface area contributed by atoms with Crippen molar-refractivity contribution in [2.45, 2.75) is 26.3 Å². The Bertz CT molecular complexity index is 1030. The van der Waals surface area contributed by atoms with Gasteiger partial charge in [-0.25, -0.2) is 4.68 Å². The number of nitro groups is 1. The molecule has 0 aliphatic carbocycles. The van der Waals surface area contributed by atoms with E-state index >= 15 is 0 Å². The highest BCUT2D eigenvalue weighted by Crippen LogP contribution is 2.20. The number of rotatable bonds is 10. The van der Waals surface area contributed by atoms with Crippen LogP contribution >= 0.6 is 0 Å². The number of aryl methyl sites for hydroxylation is 1. The van der Waals surface area contributed by atoms with E-state index in [2.05, 4.69) is 44.9 Å². The largest absolute Gasteiger partial charge is 0.369 e. The lowest BCUT2D eigenvalue weighted by atomic mass is 10.2. The summed E-state index contributed by atoms with van der Waals surface area (Å²) < 4.78 is 2.07. The van der Waals surface area contributed by atoms with Crippen LogP contribution in [0.4, 0.5) is 11.4 Å². The molecular formula is C25H32N6O2. The molecule has 3 aromatic rings. The number of hydrogen-bond donors (Lipinski definition) is 1. The molecule has 1 fully saturated rings. The second kappa shape index (κ2) is 11.1. The van der Waals surface area contributed by atoms with Gasteiger partial charge >= 0.3 is 0 Å². The molecule has 0 spiro atoms. The van der Waals surface area contributed by atoms with Crippen molar-refractivity contribution >= 4 is 11.4 Å². The number of aromatic nitrogens is 2. The lowest BCUT2D eigenvalue weighted by molar-refractivity contribution is -0.384. The first-order valence-electron chi connectivity index (χ1n) is 11.7. The summed E-state index contributed by atoms with van der Waals surface area (Å²) in [4.78, 5) is 15.2. The summed E-state index contributed by atoms with van der Waals surface area (Å²) in [5.41, 5.74) is 4.63. The van der Waals surface area contributed by atoms with E-state index in [-0.39, 0.29) is 10.6 Å². The quantitative estimate of drug-likeness (QED) is 0.290. The molecule has 8 nitrogen and oxygen atoms in total. The van der Waals surface area contributed by atoms with Crippen molar-refractivity contribution in [2.75, 3.05) is 44.2 Å². The fourth-order valence-corrected chi connectivity index (χ4v) is 4.26. The Labute approximate surface area is 195 Å². The third-order valence-corrected chi connectivity index (χ3v) is 6.05. The third-order valence-electron chi connectivity index (χ3n) is 6.05. The molecule has 33 heavy (non-hydrogen) atoms. The Balaban J connectivity index is 1.22. The lowest BCUT2D eigenvalue weighted by Crippen LogP contribution is -2.48. The molecule has 8 heteroatoms. The highest BCUT2D eigenvalue weighted by molar-refractivity contribution is 5.51. The van der Waals surface area contributed by atoms with Crippen LogP contribution in [0.1, 0.15) is 24.7 Å². The van der Waals surface area contributed by atoms with E-state index in [1.54, 1.807) is 12.1 Å². The van der Waals surface area contributed by atoms with Crippen molar-refractivity contribution < 1.29 is 4.92 Å². The molecule has 2 heterocycles. The third kappa shape index (κ3) is 5.97. The monoisotopic (exact) mass is 448 g/mol. The number of anilines is 1. The average molecular weight is 449 g/mol. The maximum Gasteiger partial charge on any atom is 0.269 e. The molecule has 0 atom stereocenters. The van der Waals surface area contributed by atoms with Gasteiger partial charge in [-0.2, -0.15) is 5.10 Å². The fourth-order valence-electron chi connectivity index (χ4n) is 4.26. The standard InChI is InChI=1S/C25H32N6O2/c1-2-6-25-19-21(27-30(25)23-7-4-3-5-8-23)20-26-13-14-28-15-17-29(18-16-28)22-9-11-24(12-10-22)31(32)33/h3-5,7-12,19,26H,2,6,13-18,20H2,1H3. The lowest BCUT2D eigenvalue weighted by Gasteiger charge is -2.36. The van der Waals surface area contributed by atoms with Crippen LogP contribution in [0.15, 0.2) is 60.7 Å². The minimum Gasteiger partial charge on any atom is -0.369 e. The zero-order chi connectivity index (χ0) is 23.0. The Morgan fingerprint density at radius 2 is 1.73 bits per heavy atom. The van der Waals surface area contributed by atoms with Crippen LogP contribution < -0.4 is 10.2 Å². The van der Waals surface area contributed by atoms with E-state index in [9.17, 15) is 10.1 Å². The topological polar surface area (TPSA) is 79.5 Å². The number of nitro benzene ring substituents is 1. The number of nitrogens with one attached hydrogen (secondary N) is 1. The van der Waals surface area contributed by atoms with Crippen LogP contribution in [0.3, 0.4) is 0 Å². The normalized spacial score (nSPS) is 14.5. The predicted molar refractivity (Wildman–Crippen MR) is 131 cm³/mol. The van der Waals surface area contributed by atoms with Crippen LogP contribution in [-0.2, 0) is 13.0 Å². The summed E-state index contributed by atoms with van der Waals surface area (Å²) in [5.74, 6) is 0. The van der Waals surface area contributed by atoms with Gasteiger partial charge in [0.1, 0.15) is 0 Å². The van der Waals surface area contributed by atoms with Gasteiger partial charge in [0.25, 0.3) is 5.69 Å². The molecule has 0 radical (unpaired) electrons. The highest BCUT2D eigenvalue weighted by atomic mass is 16.6. The van der Waals surface area contributed by atoms with Crippen LogP contribution in [0.25, 0.3) is 5.69 Å². The molecular weight excluding hydrogens is 416 g/mol. The molecule has 0 unspecified atom stereocenters. The van der Waals surface area contributed by atoms with E-state index in [4.69, 9.17) is 5.10 Å². The van der Waals surface area contributed by atoms with Gasteiger partial charge < -0.3 is 10.2 Å². The minimum absolute atomic E-state index is 0.138. The van der Waals surface area contributed by atoms with Crippen LogP contribution in [0.2, 0.25) is 0 Å². The maximum absolute atomic E-state index is 10.8. The Morgan fingerprint density at radius 3 is 2.39 bits per heavy atom. The Kier molecular flexibility index (Phi) is 7.70. The molecule has 0 amide bonds.